The van der Waals surface area contributed by atoms with Crippen LogP contribution >= 0.6 is 0 Å². The number of hydrogen-bond acceptors (Lipinski definition) is 6. The highest BCUT2D eigenvalue weighted by molar-refractivity contribution is 5.97. The molecule has 0 radical (unpaired) electrons. The molecule has 3 aromatic rings. The Morgan fingerprint density at radius 2 is 1.97 bits per heavy atom. The minimum atomic E-state index is -4.41. The molecule has 1 spiro atoms. The van der Waals surface area contributed by atoms with Gasteiger partial charge in [-0.05, 0) is 43.6 Å². The molecule has 1 aliphatic carbocycles. The van der Waals surface area contributed by atoms with Gasteiger partial charge in [-0.15, -0.1) is 0 Å². The Labute approximate surface area is 199 Å². The SMILES string of the molecule is O=C(Nc1cn[nH]c1-c1cc2c(cn1)c(N1CCC1)nn2CC(F)(F)F)C1CCC2(CC1)CNC2. The summed E-state index contributed by atoms with van der Waals surface area (Å²) < 4.78 is 40.7. The maximum atomic E-state index is 13.3. The van der Waals surface area contributed by atoms with Crippen LogP contribution in [-0.2, 0) is 11.3 Å². The van der Waals surface area contributed by atoms with E-state index in [0.29, 0.717) is 39.2 Å². The van der Waals surface area contributed by atoms with Crippen LogP contribution in [0, 0.1) is 11.3 Å². The van der Waals surface area contributed by atoms with Crippen molar-refractivity contribution in [2.24, 2.45) is 11.3 Å². The first kappa shape index (κ1) is 22.3. The molecule has 1 saturated carbocycles. The molecule has 2 saturated heterocycles. The molecule has 3 fully saturated rings. The Morgan fingerprint density at radius 3 is 2.60 bits per heavy atom. The van der Waals surface area contributed by atoms with E-state index in [1.54, 1.807) is 12.3 Å². The average molecular weight is 489 g/mol. The van der Waals surface area contributed by atoms with Crippen LogP contribution in [-0.4, -0.2) is 63.2 Å². The summed E-state index contributed by atoms with van der Waals surface area (Å²) in [4.78, 5) is 19.4. The van der Waals surface area contributed by atoms with Gasteiger partial charge in [-0.25, -0.2) is 0 Å². The molecule has 3 aromatic heterocycles. The number of amides is 1. The summed E-state index contributed by atoms with van der Waals surface area (Å²) in [5.74, 6) is 0.397. The van der Waals surface area contributed by atoms with E-state index in [1.807, 2.05) is 4.90 Å². The van der Waals surface area contributed by atoms with E-state index >= 15 is 0 Å². The van der Waals surface area contributed by atoms with E-state index in [1.165, 1.54) is 6.20 Å². The van der Waals surface area contributed by atoms with Gasteiger partial charge in [0.05, 0.1) is 28.5 Å². The van der Waals surface area contributed by atoms with Gasteiger partial charge in [-0.1, -0.05) is 0 Å². The minimum Gasteiger partial charge on any atom is -0.354 e. The first-order chi connectivity index (χ1) is 16.8. The highest BCUT2D eigenvalue weighted by atomic mass is 19.4. The number of nitrogens with one attached hydrogen (secondary N) is 3. The van der Waals surface area contributed by atoms with Crippen LogP contribution in [0.25, 0.3) is 22.3 Å². The molecule has 3 aliphatic rings. The Bertz CT molecular complexity index is 1250. The maximum Gasteiger partial charge on any atom is 0.408 e. The monoisotopic (exact) mass is 488 g/mol. The van der Waals surface area contributed by atoms with Crippen LogP contribution < -0.4 is 15.5 Å². The Hall–Kier alpha value is -3.15. The van der Waals surface area contributed by atoms with Crippen molar-refractivity contribution in [3.05, 3.63) is 18.5 Å². The third-order valence-corrected chi connectivity index (χ3v) is 7.67. The van der Waals surface area contributed by atoms with Gasteiger partial charge in [0, 0.05) is 38.3 Å². The van der Waals surface area contributed by atoms with Gasteiger partial charge >= 0.3 is 6.18 Å². The van der Waals surface area contributed by atoms with E-state index in [4.69, 9.17) is 0 Å². The number of fused-ring (bicyclic) bond motifs is 1. The van der Waals surface area contributed by atoms with E-state index < -0.39 is 12.7 Å². The summed E-state index contributed by atoms with van der Waals surface area (Å²) in [5, 5.41) is 18.0. The average Bonchev–Trinajstić information content (AvgIpc) is 3.35. The highest BCUT2D eigenvalue weighted by Gasteiger charge is 2.41. The molecule has 1 amide bonds. The zero-order chi connectivity index (χ0) is 24.2. The van der Waals surface area contributed by atoms with Gasteiger partial charge in [0.1, 0.15) is 12.2 Å². The van der Waals surface area contributed by atoms with Crippen LogP contribution in [0.1, 0.15) is 32.1 Å². The molecule has 0 unspecified atom stereocenters. The molecule has 0 aromatic carbocycles. The summed E-state index contributed by atoms with van der Waals surface area (Å²) in [6.45, 7) is 2.40. The number of nitrogens with zero attached hydrogens (tertiary/aromatic N) is 5. The molecule has 5 heterocycles. The number of aromatic nitrogens is 5. The Kier molecular flexibility index (Phi) is 5.24. The number of halogens is 3. The van der Waals surface area contributed by atoms with Crippen molar-refractivity contribution in [3.63, 3.8) is 0 Å². The van der Waals surface area contributed by atoms with E-state index in [2.05, 4.69) is 30.9 Å². The zero-order valence-electron chi connectivity index (χ0n) is 19.2. The number of hydrogen-bond donors (Lipinski definition) is 3. The van der Waals surface area contributed by atoms with Gasteiger partial charge < -0.3 is 15.5 Å². The molecule has 0 bridgehead atoms. The van der Waals surface area contributed by atoms with Crippen LogP contribution in [0.2, 0.25) is 0 Å². The second-order valence-electron chi connectivity index (χ2n) is 10.0. The van der Waals surface area contributed by atoms with E-state index in [9.17, 15) is 18.0 Å². The fourth-order valence-electron chi connectivity index (χ4n) is 5.38. The van der Waals surface area contributed by atoms with Crippen LogP contribution in [0.15, 0.2) is 18.5 Å². The molecule has 3 N–H and O–H groups in total. The molecule has 9 nitrogen and oxygen atoms in total. The quantitative estimate of drug-likeness (QED) is 0.509. The first-order valence-electron chi connectivity index (χ1n) is 12.0. The minimum absolute atomic E-state index is 0.0574. The van der Waals surface area contributed by atoms with Crippen LogP contribution in [0.5, 0.6) is 0 Å². The fraction of sp³-hybridized carbons (Fsp3) is 0.565. The number of aromatic amines is 1. The third-order valence-electron chi connectivity index (χ3n) is 7.67. The van der Waals surface area contributed by atoms with E-state index in [-0.39, 0.29) is 11.8 Å². The summed E-state index contributed by atoms with van der Waals surface area (Å²) in [7, 11) is 0. The van der Waals surface area contributed by atoms with Gasteiger partial charge in [-0.2, -0.15) is 23.4 Å². The number of anilines is 2. The molecular weight excluding hydrogens is 461 g/mol. The number of H-pyrrole nitrogens is 1. The molecule has 6 rings (SSSR count). The van der Waals surface area contributed by atoms with Gasteiger partial charge in [-0.3, -0.25) is 19.6 Å². The largest absolute Gasteiger partial charge is 0.408 e. The molecule has 35 heavy (non-hydrogen) atoms. The Morgan fingerprint density at radius 1 is 1.20 bits per heavy atom. The van der Waals surface area contributed by atoms with Crippen molar-refractivity contribution in [1.82, 2.24) is 30.3 Å². The van der Waals surface area contributed by atoms with Gasteiger partial charge in [0.25, 0.3) is 0 Å². The van der Waals surface area contributed by atoms with Gasteiger partial charge in [0.15, 0.2) is 5.82 Å². The molecule has 186 valence electrons. The smallest absolute Gasteiger partial charge is 0.354 e. The number of carbonyl (C=O) groups is 1. The summed E-state index contributed by atoms with van der Waals surface area (Å²) in [6, 6.07) is 1.58. The van der Waals surface area contributed by atoms with Crippen molar-refractivity contribution in [1.29, 1.82) is 0 Å². The lowest BCUT2D eigenvalue weighted by atomic mass is 9.67. The van der Waals surface area contributed by atoms with Gasteiger partial charge in [0.2, 0.25) is 5.91 Å². The number of pyridine rings is 1. The number of carbonyl (C=O) groups excluding carboxylic acids is 1. The summed E-state index contributed by atoms with van der Waals surface area (Å²) >= 11 is 0. The first-order valence-corrected chi connectivity index (χ1v) is 12.0. The topological polar surface area (TPSA) is 104 Å². The van der Waals surface area contributed by atoms with Crippen molar-refractivity contribution in [3.8, 4) is 11.4 Å². The van der Waals surface area contributed by atoms with Crippen molar-refractivity contribution in [2.75, 3.05) is 36.4 Å². The lowest BCUT2D eigenvalue weighted by Gasteiger charge is -2.47. The lowest BCUT2D eigenvalue weighted by Crippen LogP contribution is -2.55. The number of alkyl halides is 3. The van der Waals surface area contributed by atoms with Crippen LogP contribution in [0.4, 0.5) is 24.7 Å². The predicted molar refractivity (Wildman–Crippen MR) is 124 cm³/mol. The third kappa shape index (κ3) is 4.13. The van der Waals surface area contributed by atoms with Crippen molar-refractivity contribution >= 4 is 28.3 Å². The summed E-state index contributed by atoms with van der Waals surface area (Å²) in [6.07, 6.45) is 3.41. The fourth-order valence-corrected chi connectivity index (χ4v) is 5.38. The Balaban J connectivity index is 1.26. The molecular formula is C23H27F3N8O. The maximum absolute atomic E-state index is 13.3. The number of rotatable bonds is 5. The highest BCUT2D eigenvalue weighted by Crippen LogP contribution is 2.42. The summed E-state index contributed by atoms with van der Waals surface area (Å²) in [5.41, 5.74) is 2.03. The predicted octanol–water partition coefficient (Wildman–Crippen LogP) is 3.31. The van der Waals surface area contributed by atoms with Crippen molar-refractivity contribution in [2.45, 2.75) is 44.8 Å². The zero-order valence-corrected chi connectivity index (χ0v) is 19.2. The molecule has 0 atom stereocenters. The second-order valence-corrected chi connectivity index (χ2v) is 10.0. The normalized spacial score (nSPS) is 20.1. The van der Waals surface area contributed by atoms with Crippen LogP contribution in [0.3, 0.4) is 0 Å². The van der Waals surface area contributed by atoms with Crippen molar-refractivity contribution < 1.29 is 18.0 Å². The molecule has 2 aliphatic heterocycles. The second kappa shape index (κ2) is 8.21. The molecule has 12 heteroatoms. The van der Waals surface area contributed by atoms with E-state index in [0.717, 1.165) is 63.0 Å². The standard InChI is InChI=1S/C23H27F3N8O/c24-23(25,26)13-34-18-8-16(28-9-15(18)20(32-34)33-6-1-7-33)19-17(10-29-31-19)30-21(35)14-2-4-22(5-3-14)11-27-12-22/h8-10,14,27H,1-7,11-13H2,(H,29,31)(H,30,35). The lowest BCUT2D eigenvalue weighted by molar-refractivity contribution is -0.141.